The van der Waals surface area contributed by atoms with E-state index in [2.05, 4.69) is 32.7 Å². The van der Waals surface area contributed by atoms with Crippen molar-refractivity contribution in [2.75, 3.05) is 20.2 Å². The van der Waals surface area contributed by atoms with Gasteiger partial charge in [-0.25, -0.2) is 0 Å². The fourth-order valence-electron chi connectivity index (χ4n) is 1.66. The minimum absolute atomic E-state index is 0.245. The van der Waals surface area contributed by atoms with Gasteiger partial charge in [0, 0.05) is 18.6 Å². The van der Waals surface area contributed by atoms with Crippen molar-refractivity contribution in [1.29, 1.82) is 0 Å². The molecule has 66 valence electrons. The van der Waals surface area contributed by atoms with E-state index in [0.29, 0.717) is 6.23 Å². The molecule has 1 aliphatic heterocycles. The lowest BCUT2D eigenvalue weighted by Gasteiger charge is -2.40. The van der Waals surface area contributed by atoms with Crippen molar-refractivity contribution in [1.82, 2.24) is 4.90 Å². The fourth-order valence-corrected chi connectivity index (χ4v) is 1.66. The summed E-state index contributed by atoms with van der Waals surface area (Å²) in [5.41, 5.74) is 0.245. The lowest BCUT2D eigenvalue weighted by Crippen LogP contribution is -2.47. The van der Waals surface area contributed by atoms with E-state index in [-0.39, 0.29) is 5.41 Å². The molecule has 0 saturated carbocycles. The van der Waals surface area contributed by atoms with Gasteiger partial charge < -0.3 is 4.74 Å². The molecule has 0 radical (unpaired) electrons. The first-order chi connectivity index (χ1) is 5.02. The lowest BCUT2D eigenvalue weighted by atomic mass is 9.92. The standard InChI is InChI=1S/C9H19NO/c1-9(2,3)8-10(4)6-5-7-11-8/h8H,5-7H2,1-4H3. The highest BCUT2D eigenvalue weighted by molar-refractivity contribution is 4.76. The number of rotatable bonds is 0. The van der Waals surface area contributed by atoms with Gasteiger partial charge in [-0.2, -0.15) is 0 Å². The van der Waals surface area contributed by atoms with Crippen LogP contribution < -0.4 is 0 Å². The lowest BCUT2D eigenvalue weighted by molar-refractivity contribution is -0.137. The molecule has 1 heterocycles. The SMILES string of the molecule is CN1CCCOC1C(C)(C)C. The Morgan fingerprint density at radius 1 is 1.36 bits per heavy atom. The van der Waals surface area contributed by atoms with Gasteiger partial charge in [0.25, 0.3) is 0 Å². The second-order valence-corrected chi connectivity index (χ2v) is 4.42. The van der Waals surface area contributed by atoms with Crippen molar-refractivity contribution in [2.24, 2.45) is 5.41 Å². The molecule has 0 spiro atoms. The van der Waals surface area contributed by atoms with E-state index in [0.717, 1.165) is 6.61 Å². The van der Waals surface area contributed by atoms with E-state index in [1.54, 1.807) is 0 Å². The van der Waals surface area contributed by atoms with Gasteiger partial charge in [0.15, 0.2) is 0 Å². The minimum atomic E-state index is 0.245. The molecule has 0 N–H and O–H groups in total. The van der Waals surface area contributed by atoms with Crippen LogP contribution in [0.3, 0.4) is 0 Å². The molecule has 2 heteroatoms. The van der Waals surface area contributed by atoms with E-state index in [1.165, 1.54) is 13.0 Å². The molecule has 0 aliphatic carbocycles. The number of nitrogens with zero attached hydrogens (tertiary/aromatic N) is 1. The molecule has 1 unspecified atom stereocenters. The van der Waals surface area contributed by atoms with Crippen LogP contribution in [0.1, 0.15) is 27.2 Å². The smallest absolute Gasteiger partial charge is 0.115 e. The van der Waals surface area contributed by atoms with Crippen molar-refractivity contribution in [3.05, 3.63) is 0 Å². The Morgan fingerprint density at radius 3 is 2.36 bits per heavy atom. The van der Waals surface area contributed by atoms with Gasteiger partial charge >= 0.3 is 0 Å². The van der Waals surface area contributed by atoms with Crippen molar-refractivity contribution < 1.29 is 4.74 Å². The zero-order valence-corrected chi connectivity index (χ0v) is 8.05. The van der Waals surface area contributed by atoms with Gasteiger partial charge in [0.2, 0.25) is 0 Å². The molecule has 0 bridgehead atoms. The Morgan fingerprint density at radius 2 is 2.00 bits per heavy atom. The van der Waals surface area contributed by atoms with Crippen LogP contribution >= 0.6 is 0 Å². The van der Waals surface area contributed by atoms with E-state index < -0.39 is 0 Å². The summed E-state index contributed by atoms with van der Waals surface area (Å²) < 4.78 is 5.68. The zero-order chi connectivity index (χ0) is 8.48. The van der Waals surface area contributed by atoms with Crippen molar-refractivity contribution in [3.63, 3.8) is 0 Å². The molecule has 0 aromatic carbocycles. The zero-order valence-electron chi connectivity index (χ0n) is 8.05. The Hall–Kier alpha value is -0.0800. The molecule has 11 heavy (non-hydrogen) atoms. The maximum Gasteiger partial charge on any atom is 0.115 e. The summed E-state index contributed by atoms with van der Waals surface area (Å²) in [5.74, 6) is 0. The number of hydrogen-bond acceptors (Lipinski definition) is 2. The molecular weight excluding hydrogens is 138 g/mol. The Balaban J connectivity index is 2.55. The second-order valence-electron chi connectivity index (χ2n) is 4.42. The van der Waals surface area contributed by atoms with Gasteiger partial charge in [-0.1, -0.05) is 20.8 Å². The van der Waals surface area contributed by atoms with Gasteiger partial charge in [-0.15, -0.1) is 0 Å². The third kappa shape index (κ3) is 2.17. The van der Waals surface area contributed by atoms with Gasteiger partial charge in [-0.3, -0.25) is 4.90 Å². The van der Waals surface area contributed by atoms with Crippen LogP contribution in [0.2, 0.25) is 0 Å². The van der Waals surface area contributed by atoms with Crippen LogP contribution in [0.15, 0.2) is 0 Å². The fraction of sp³-hybridized carbons (Fsp3) is 1.00. The molecule has 1 fully saturated rings. The maximum absolute atomic E-state index is 5.68. The molecule has 0 aromatic rings. The van der Waals surface area contributed by atoms with E-state index in [1.807, 2.05) is 0 Å². The highest BCUT2D eigenvalue weighted by Crippen LogP contribution is 2.26. The maximum atomic E-state index is 5.68. The predicted molar refractivity (Wildman–Crippen MR) is 46.4 cm³/mol. The highest BCUT2D eigenvalue weighted by Gasteiger charge is 2.30. The van der Waals surface area contributed by atoms with Crippen molar-refractivity contribution in [3.8, 4) is 0 Å². The molecule has 1 saturated heterocycles. The average Bonchev–Trinajstić information content (AvgIpc) is 1.86. The highest BCUT2D eigenvalue weighted by atomic mass is 16.5. The van der Waals surface area contributed by atoms with Crippen LogP contribution in [0, 0.1) is 5.41 Å². The molecular formula is C9H19NO. The summed E-state index contributed by atoms with van der Waals surface area (Å²) in [6, 6.07) is 0. The first kappa shape index (κ1) is 9.01. The van der Waals surface area contributed by atoms with Crippen LogP contribution in [0.4, 0.5) is 0 Å². The summed E-state index contributed by atoms with van der Waals surface area (Å²) in [4.78, 5) is 2.30. The number of hydrogen-bond donors (Lipinski definition) is 0. The monoisotopic (exact) mass is 157 g/mol. The normalized spacial score (nSPS) is 28.9. The second kappa shape index (κ2) is 3.11. The topological polar surface area (TPSA) is 12.5 Å². The van der Waals surface area contributed by atoms with Crippen LogP contribution in [-0.4, -0.2) is 31.3 Å². The average molecular weight is 157 g/mol. The molecule has 0 amide bonds. The third-order valence-corrected chi connectivity index (χ3v) is 2.07. The summed E-state index contributed by atoms with van der Waals surface area (Å²) in [6.07, 6.45) is 1.47. The molecule has 1 aliphatic rings. The molecule has 1 rings (SSSR count). The summed E-state index contributed by atoms with van der Waals surface area (Å²) in [7, 11) is 2.13. The van der Waals surface area contributed by atoms with Crippen LogP contribution in [0.25, 0.3) is 0 Å². The molecule has 0 aromatic heterocycles. The third-order valence-electron chi connectivity index (χ3n) is 2.07. The Kier molecular flexibility index (Phi) is 2.55. The van der Waals surface area contributed by atoms with Gasteiger partial charge in [0.05, 0.1) is 0 Å². The first-order valence-corrected chi connectivity index (χ1v) is 4.33. The van der Waals surface area contributed by atoms with E-state index >= 15 is 0 Å². The molecule has 2 nitrogen and oxygen atoms in total. The quantitative estimate of drug-likeness (QED) is 0.531. The first-order valence-electron chi connectivity index (χ1n) is 4.33. The van der Waals surface area contributed by atoms with Crippen LogP contribution in [-0.2, 0) is 4.74 Å². The Bertz CT molecular complexity index is 128. The van der Waals surface area contributed by atoms with Crippen molar-refractivity contribution >= 4 is 0 Å². The summed E-state index contributed by atoms with van der Waals surface area (Å²) in [5, 5.41) is 0. The Labute approximate surface area is 69.5 Å². The minimum Gasteiger partial charge on any atom is -0.363 e. The van der Waals surface area contributed by atoms with E-state index in [9.17, 15) is 0 Å². The van der Waals surface area contributed by atoms with Gasteiger partial charge in [0.1, 0.15) is 6.23 Å². The number of ether oxygens (including phenoxy) is 1. The summed E-state index contributed by atoms with van der Waals surface area (Å²) in [6.45, 7) is 8.76. The predicted octanol–water partition coefficient (Wildman–Crippen LogP) is 1.71. The molecule has 1 atom stereocenters. The van der Waals surface area contributed by atoms with E-state index in [4.69, 9.17) is 4.74 Å². The largest absolute Gasteiger partial charge is 0.363 e. The van der Waals surface area contributed by atoms with Crippen LogP contribution in [0.5, 0.6) is 0 Å². The van der Waals surface area contributed by atoms with Gasteiger partial charge in [-0.05, 0) is 13.5 Å². The summed E-state index contributed by atoms with van der Waals surface area (Å²) >= 11 is 0. The van der Waals surface area contributed by atoms with Crippen molar-refractivity contribution in [2.45, 2.75) is 33.4 Å².